The Hall–Kier alpha value is -0.0400. The molecule has 3 aliphatic rings. The smallest absolute Gasteiger partial charge is 0.0213 e. The van der Waals surface area contributed by atoms with Crippen molar-refractivity contribution in [2.75, 3.05) is 6.54 Å². The summed E-state index contributed by atoms with van der Waals surface area (Å²) >= 11 is 0. The summed E-state index contributed by atoms with van der Waals surface area (Å²) in [4.78, 5) is 2.89. The molecule has 2 heterocycles. The molecule has 0 unspecified atom stereocenters. The van der Waals surface area contributed by atoms with E-state index in [0.717, 1.165) is 12.0 Å². The molecule has 13 heavy (non-hydrogen) atoms. The first-order valence-electron chi connectivity index (χ1n) is 6.12. The molecule has 2 aliphatic heterocycles. The van der Waals surface area contributed by atoms with Crippen molar-refractivity contribution < 1.29 is 0 Å². The van der Waals surface area contributed by atoms with E-state index in [4.69, 9.17) is 0 Å². The molecule has 0 aromatic carbocycles. The zero-order valence-corrected chi connectivity index (χ0v) is 8.76. The molecule has 2 saturated heterocycles. The maximum atomic E-state index is 2.89. The van der Waals surface area contributed by atoms with Crippen LogP contribution < -0.4 is 0 Å². The summed E-state index contributed by atoms with van der Waals surface area (Å²) in [6.45, 7) is 3.81. The highest BCUT2D eigenvalue weighted by molar-refractivity contribution is 5.08. The van der Waals surface area contributed by atoms with Crippen molar-refractivity contribution in [1.29, 1.82) is 0 Å². The Labute approximate surface area is 81.5 Å². The lowest BCUT2D eigenvalue weighted by Gasteiger charge is -2.34. The van der Waals surface area contributed by atoms with Crippen LogP contribution in [0.4, 0.5) is 0 Å². The molecule has 0 amide bonds. The fraction of sp³-hybridized carbons (Fsp3) is 1.00. The van der Waals surface area contributed by atoms with Crippen LogP contribution in [-0.4, -0.2) is 23.0 Å². The number of hydrogen-bond acceptors (Lipinski definition) is 1. The zero-order valence-electron chi connectivity index (χ0n) is 8.76. The molecule has 74 valence electrons. The molecular formula is C12H21N. The predicted octanol–water partition coefficient (Wildman–Crippen LogP) is 2.80. The van der Waals surface area contributed by atoms with E-state index in [9.17, 15) is 0 Å². The Morgan fingerprint density at radius 2 is 2.23 bits per heavy atom. The molecule has 3 atom stereocenters. The van der Waals surface area contributed by atoms with Gasteiger partial charge in [0.05, 0.1) is 0 Å². The second-order valence-corrected chi connectivity index (χ2v) is 5.34. The van der Waals surface area contributed by atoms with Crippen LogP contribution in [0.25, 0.3) is 0 Å². The quantitative estimate of drug-likeness (QED) is 0.598. The van der Waals surface area contributed by atoms with E-state index < -0.39 is 0 Å². The molecular weight excluding hydrogens is 158 g/mol. The van der Waals surface area contributed by atoms with Gasteiger partial charge in [0.1, 0.15) is 0 Å². The molecule has 3 rings (SSSR count). The minimum atomic E-state index is 0.676. The number of hydrogen-bond donors (Lipinski definition) is 0. The minimum Gasteiger partial charge on any atom is -0.294 e. The van der Waals surface area contributed by atoms with E-state index in [1.54, 1.807) is 0 Å². The van der Waals surface area contributed by atoms with Crippen LogP contribution in [-0.2, 0) is 0 Å². The standard InChI is InChI=1S/C12H21N/c1-2-12-7-4-8-13(12)11-6-3-5-10(11)9-12/h10-11H,2-9H2,1H3/t10-,11-,12-/m1/s1. The lowest BCUT2D eigenvalue weighted by molar-refractivity contribution is 0.143. The molecule has 0 aromatic rings. The Morgan fingerprint density at radius 3 is 3.08 bits per heavy atom. The van der Waals surface area contributed by atoms with Crippen molar-refractivity contribution in [3.63, 3.8) is 0 Å². The SMILES string of the molecule is CC[C@]12CCCN1[C@@H]1CCC[C@@H]1C2. The minimum absolute atomic E-state index is 0.676. The molecule has 3 fully saturated rings. The normalized spacial score (nSPS) is 49.6. The van der Waals surface area contributed by atoms with Gasteiger partial charge < -0.3 is 0 Å². The van der Waals surface area contributed by atoms with Gasteiger partial charge in [0, 0.05) is 11.6 Å². The average Bonchev–Trinajstić information content (AvgIpc) is 2.72. The Morgan fingerprint density at radius 1 is 1.31 bits per heavy atom. The van der Waals surface area contributed by atoms with E-state index in [2.05, 4.69) is 11.8 Å². The van der Waals surface area contributed by atoms with Gasteiger partial charge in [0.2, 0.25) is 0 Å². The Balaban J connectivity index is 1.89. The highest BCUT2D eigenvalue weighted by atomic mass is 15.3. The summed E-state index contributed by atoms with van der Waals surface area (Å²) in [5.41, 5.74) is 0.676. The van der Waals surface area contributed by atoms with E-state index in [-0.39, 0.29) is 0 Å². The molecule has 1 nitrogen and oxygen atoms in total. The molecule has 0 spiro atoms. The van der Waals surface area contributed by atoms with Gasteiger partial charge in [-0.3, -0.25) is 4.90 Å². The van der Waals surface area contributed by atoms with Crippen molar-refractivity contribution >= 4 is 0 Å². The predicted molar refractivity (Wildman–Crippen MR) is 54.7 cm³/mol. The topological polar surface area (TPSA) is 3.24 Å². The second kappa shape index (κ2) is 2.73. The maximum Gasteiger partial charge on any atom is 0.0213 e. The first-order valence-corrected chi connectivity index (χ1v) is 6.12. The third-order valence-electron chi connectivity index (χ3n) is 4.97. The number of fused-ring (bicyclic) bond motifs is 3. The largest absolute Gasteiger partial charge is 0.294 e. The van der Waals surface area contributed by atoms with Crippen LogP contribution in [0.3, 0.4) is 0 Å². The van der Waals surface area contributed by atoms with Gasteiger partial charge in [-0.25, -0.2) is 0 Å². The van der Waals surface area contributed by atoms with Crippen LogP contribution in [0, 0.1) is 5.92 Å². The average molecular weight is 179 g/mol. The van der Waals surface area contributed by atoms with Gasteiger partial charge in [-0.2, -0.15) is 0 Å². The summed E-state index contributed by atoms with van der Waals surface area (Å²) < 4.78 is 0. The summed E-state index contributed by atoms with van der Waals surface area (Å²) in [5, 5.41) is 0. The third-order valence-corrected chi connectivity index (χ3v) is 4.97. The zero-order chi connectivity index (χ0) is 8.89. The van der Waals surface area contributed by atoms with Crippen LogP contribution in [0.15, 0.2) is 0 Å². The van der Waals surface area contributed by atoms with Gasteiger partial charge >= 0.3 is 0 Å². The van der Waals surface area contributed by atoms with E-state index >= 15 is 0 Å². The van der Waals surface area contributed by atoms with Crippen molar-refractivity contribution in [3.8, 4) is 0 Å². The van der Waals surface area contributed by atoms with Gasteiger partial charge in [0.25, 0.3) is 0 Å². The van der Waals surface area contributed by atoms with Crippen molar-refractivity contribution in [1.82, 2.24) is 4.90 Å². The summed E-state index contributed by atoms with van der Waals surface area (Å²) in [6.07, 6.45) is 10.4. The highest BCUT2D eigenvalue weighted by Crippen LogP contribution is 2.52. The highest BCUT2D eigenvalue weighted by Gasteiger charge is 2.53. The third kappa shape index (κ3) is 0.971. The van der Waals surface area contributed by atoms with Crippen LogP contribution in [0.1, 0.15) is 51.9 Å². The fourth-order valence-corrected chi connectivity index (χ4v) is 4.37. The Bertz CT molecular complexity index is 213. The summed E-state index contributed by atoms with van der Waals surface area (Å²) in [5.74, 6) is 1.08. The monoisotopic (exact) mass is 179 g/mol. The second-order valence-electron chi connectivity index (χ2n) is 5.34. The first kappa shape index (κ1) is 8.28. The molecule has 0 aromatic heterocycles. The Kier molecular flexibility index (Phi) is 1.74. The first-order chi connectivity index (χ1) is 6.36. The summed E-state index contributed by atoms with van der Waals surface area (Å²) in [6, 6.07) is 1.00. The summed E-state index contributed by atoms with van der Waals surface area (Å²) in [7, 11) is 0. The lowest BCUT2D eigenvalue weighted by Crippen LogP contribution is -2.41. The lowest BCUT2D eigenvalue weighted by atomic mass is 9.87. The van der Waals surface area contributed by atoms with Crippen molar-refractivity contribution in [3.05, 3.63) is 0 Å². The molecule has 1 aliphatic carbocycles. The molecule has 1 saturated carbocycles. The van der Waals surface area contributed by atoms with Crippen LogP contribution in [0.2, 0.25) is 0 Å². The fourth-order valence-electron chi connectivity index (χ4n) is 4.37. The van der Waals surface area contributed by atoms with Crippen molar-refractivity contribution in [2.24, 2.45) is 5.92 Å². The van der Waals surface area contributed by atoms with Crippen LogP contribution >= 0.6 is 0 Å². The van der Waals surface area contributed by atoms with Gasteiger partial charge in [-0.05, 0) is 51.0 Å². The van der Waals surface area contributed by atoms with E-state index in [1.165, 1.54) is 51.5 Å². The molecule has 1 heteroatoms. The van der Waals surface area contributed by atoms with Crippen molar-refractivity contribution in [2.45, 2.75) is 63.5 Å². The van der Waals surface area contributed by atoms with Gasteiger partial charge in [0.15, 0.2) is 0 Å². The maximum absolute atomic E-state index is 2.89. The van der Waals surface area contributed by atoms with Gasteiger partial charge in [-0.15, -0.1) is 0 Å². The van der Waals surface area contributed by atoms with E-state index in [0.29, 0.717) is 5.54 Å². The molecule has 0 bridgehead atoms. The van der Waals surface area contributed by atoms with E-state index in [1.807, 2.05) is 0 Å². The van der Waals surface area contributed by atoms with Crippen LogP contribution in [0.5, 0.6) is 0 Å². The molecule has 0 radical (unpaired) electrons. The number of nitrogens with zero attached hydrogens (tertiary/aromatic N) is 1. The van der Waals surface area contributed by atoms with Gasteiger partial charge in [-0.1, -0.05) is 13.3 Å². The molecule has 0 N–H and O–H groups in total. The number of rotatable bonds is 1.